The average Bonchev–Trinajstić information content (AvgIpc) is 3.41. The number of fused-ring (bicyclic) bond motifs is 1. The third-order valence-corrected chi connectivity index (χ3v) is 7.72. The summed E-state index contributed by atoms with van der Waals surface area (Å²) < 4.78 is 15.2. The monoisotopic (exact) mass is 476 g/mol. The zero-order valence-electron chi connectivity index (χ0n) is 20.3. The Morgan fingerprint density at radius 3 is 2.43 bits per heavy atom. The lowest BCUT2D eigenvalue weighted by Gasteiger charge is -2.38. The number of para-hydroxylation sites is 1. The first kappa shape index (κ1) is 23.7. The normalized spacial score (nSPS) is 18.3. The van der Waals surface area contributed by atoms with Crippen LogP contribution in [0.5, 0.6) is 0 Å². The molecule has 35 heavy (non-hydrogen) atoms. The van der Waals surface area contributed by atoms with Gasteiger partial charge in [0.15, 0.2) is 0 Å². The highest BCUT2D eigenvalue weighted by Gasteiger charge is 2.28. The molecular formula is C28H33FN4O2. The Morgan fingerprint density at radius 2 is 1.71 bits per heavy atom. The van der Waals surface area contributed by atoms with Gasteiger partial charge in [0.25, 0.3) is 5.56 Å². The molecule has 0 radical (unpaired) electrons. The van der Waals surface area contributed by atoms with E-state index < -0.39 is 0 Å². The largest absolute Gasteiger partial charge is 0.340 e. The Hall–Kier alpha value is -3.06. The first-order valence-corrected chi connectivity index (χ1v) is 12.8. The Labute approximate surface area is 205 Å². The van der Waals surface area contributed by atoms with E-state index >= 15 is 0 Å². The lowest BCUT2D eigenvalue weighted by atomic mass is 10.0. The van der Waals surface area contributed by atoms with Crippen LogP contribution in [0.4, 0.5) is 4.39 Å². The topological polar surface area (TPSA) is 58.4 Å². The molecule has 1 atom stereocenters. The van der Waals surface area contributed by atoms with Crippen molar-refractivity contribution < 1.29 is 9.18 Å². The predicted octanol–water partition coefficient (Wildman–Crippen LogP) is 4.70. The predicted molar refractivity (Wildman–Crippen MR) is 135 cm³/mol. The fourth-order valence-electron chi connectivity index (χ4n) is 5.58. The molecule has 5 rings (SSSR count). The van der Waals surface area contributed by atoms with Crippen LogP contribution in [0.3, 0.4) is 0 Å². The molecule has 1 aliphatic heterocycles. The first-order valence-electron chi connectivity index (χ1n) is 12.8. The standard InChI is InChI=1S/C28H33FN4O2/c1-20(31-16-18-32(19-17-31)26(34)15-10-21-6-2-3-7-21)27-30-25-9-5-4-8-24(25)28(35)33(27)23-13-11-22(29)12-14-23/h4-5,8-9,11-14,20-21H,2-3,6-7,10,15-19H2,1H3. The maximum atomic E-state index is 13.6. The van der Waals surface area contributed by atoms with Crippen LogP contribution in [-0.2, 0) is 4.79 Å². The molecule has 2 heterocycles. The molecule has 2 fully saturated rings. The van der Waals surface area contributed by atoms with Crippen LogP contribution < -0.4 is 5.56 Å². The van der Waals surface area contributed by atoms with Crippen LogP contribution in [0.2, 0.25) is 0 Å². The lowest BCUT2D eigenvalue weighted by molar-refractivity contribution is -0.133. The van der Waals surface area contributed by atoms with Gasteiger partial charge < -0.3 is 4.90 Å². The highest BCUT2D eigenvalue weighted by Crippen LogP contribution is 2.29. The van der Waals surface area contributed by atoms with Crippen molar-refractivity contribution in [3.63, 3.8) is 0 Å². The third-order valence-electron chi connectivity index (χ3n) is 7.72. The first-order chi connectivity index (χ1) is 17.0. The second-order valence-electron chi connectivity index (χ2n) is 9.89. The number of nitrogens with zero attached hydrogens (tertiary/aromatic N) is 4. The summed E-state index contributed by atoms with van der Waals surface area (Å²) in [7, 11) is 0. The van der Waals surface area contributed by atoms with Gasteiger partial charge in [-0.3, -0.25) is 19.1 Å². The van der Waals surface area contributed by atoms with Crippen LogP contribution in [-0.4, -0.2) is 51.4 Å². The van der Waals surface area contributed by atoms with E-state index in [2.05, 4.69) is 4.90 Å². The molecule has 2 aliphatic rings. The molecular weight excluding hydrogens is 443 g/mol. The fraction of sp³-hybridized carbons (Fsp3) is 0.464. The van der Waals surface area contributed by atoms with Crippen LogP contribution in [0.1, 0.15) is 57.3 Å². The van der Waals surface area contributed by atoms with E-state index in [0.29, 0.717) is 41.9 Å². The molecule has 7 heteroatoms. The zero-order valence-corrected chi connectivity index (χ0v) is 20.3. The molecule has 2 aromatic carbocycles. The summed E-state index contributed by atoms with van der Waals surface area (Å²) in [6, 6.07) is 13.1. The third kappa shape index (κ3) is 5.01. The number of aromatic nitrogens is 2. The number of hydrogen-bond donors (Lipinski definition) is 0. The summed E-state index contributed by atoms with van der Waals surface area (Å²) >= 11 is 0. The van der Waals surface area contributed by atoms with Crippen molar-refractivity contribution in [3.8, 4) is 5.69 Å². The van der Waals surface area contributed by atoms with E-state index in [0.717, 1.165) is 25.4 Å². The summed E-state index contributed by atoms with van der Waals surface area (Å²) in [5, 5.41) is 0.533. The van der Waals surface area contributed by atoms with Crippen LogP contribution >= 0.6 is 0 Å². The average molecular weight is 477 g/mol. The molecule has 1 saturated carbocycles. The van der Waals surface area contributed by atoms with Crippen molar-refractivity contribution >= 4 is 16.8 Å². The van der Waals surface area contributed by atoms with Gasteiger partial charge in [-0.25, -0.2) is 9.37 Å². The van der Waals surface area contributed by atoms with E-state index in [1.807, 2.05) is 30.0 Å². The van der Waals surface area contributed by atoms with Gasteiger partial charge in [-0.05, 0) is 55.7 Å². The molecule has 1 saturated heterocycles. The van der Waals surface area contributed by atoms with Crippen molar-refractivity contribution in [2.24, 2.45) is 5.92 Å². The van der Waals surface area contributed by atoms with E-state index in [1.165, 1.54) is 37.8 Å². The number of rotatable bonds is 6. The number of halogens is 1. The minimum absolute atomic E-state index is 0.145. The number of carbonyl (C=O) groups is 1. The number of hydrogen-bond acceptors (Lipinski definition) is 4. The second-order valence-corrected chi connectivity index (χ2v) is 9.89. The summed E-state index contributed by atoms with van der Waals surface area (Å²) in [4.78, 5) is 35.4. The van der Waals surface area contributed by atoms with Crippen LogP contribution in [0.15, 0.2) is 53.3 Å². The quantitative estimate of drug-likeness (QED) is 0.518. The molecule has 6 nitrogen and oxygen atoms in total. The number of amides is 1. The van der Waals surface area contributed by atoms with Crippen LogP contribution in [0, 0.1) is 11.7 Å². The molecule has 1 aromatic heterocycles. The van der Waals surface area contributed by atoms with Gasteiger partial charge in [-0.15, -0.1) is 0 Å². The minimum Gasteiger partial charge on any atom is -0.340 e. The molecule has 1 aliphatic carbocycles. The summed E-state index contributed by atoms with van der Waals surface area (Å²) in [6.45, 7) is 4.86. The fourth-order valence-corrected chi connectivity index (χ4v) is 5.58. The molecule has 0 spiro atoms. The molecule has 0 N–H and O–H groups in total. The Morgan fingerprint density at radius 1 is 1.03 bits per heavy atom. The van der Waals surface area contributed by atoms with Crippen molar-refractivity contribution in [1.82, 2.24) is 19.4 Å². The van der Waals surface area contributed by atoms with E-state index in [1.54, 1.807) is 22.8 Å². The van der Waals surface area contributed by atoms with Gasteiger partial charge in [0.2, 0.25) is 5.91 Å². The van der Waals surface area contributed by atoms with E-state index in [9.17, 15) is 14.0 Å². The molecule has 0 bridgehead atoms. The van der Waals surface area contributed by atoms with Gasteiger partial charge >= 0.3 is 0 Å². The van der Waals surface area contributed by atoms with Gasteiger partial charge in [0.05, 0.1) is 22.6 Å². The summed E-state index contributed by atoms with van der Waals surface area (Å²) in [5.41, 5.74) is 1.08. The van der Waals surface area contributed by atoms with Crippen molar-refractivity contribution in [1.29, 1.82) is 0 Å². The SMILES string of the molecule is CC(c1nc2ccccc2c(=O)n1-c1ccc(F)cc1)N1CCN(C(=O)CCC2CCCC2)CC1. The summed E-state index contributed by atoms with van der Waals surface area (Å²) in [5.74, 6) is 1.26. The Balaban J connectivity index is 1.35. The summed E-state index contributed by atoms with van der Waals surface area (Å²) in [6.07, 6.45) is 6.82. The maximum Gasteiger partial charge on any atom is 0.266 e. The smallest absolute Gasteiger partial charge is 0.266 e. The van der Waals surface area contributed by atoms with Gasteiger partial charge in [0, 0.05) is 32.6 Å². The number of carbonyl (C=O) groups excluding carboxylic acids is 1. The van der Waals surface area contributed by atoms with Gasteiger partial charge in [-0.2, -0.15) is 0 Å². The van der Waals surface area contributed by atoms with Crippen molar-refractivity contribution in [3.05, 3.63) is 70.5 Å². The Kier molecular flexibility index (Phi) is 6.95. The number of piperazine rings is 1. The highest BCUT2D eigenvalue weighted by atomic mass is 19.1. The van der Waals surface area contributed by atoms with Gasteiger partial charge in [-0.1, -0.05) is 37.8 Å². The highest BCUT2D eigenvalue weighted by molar-refractivity contribution is 5.78. The lowest BCUT2D eigenvalue weighted by Crippen LogP contribution is -2.50. The molecule has 184 valence electrons. The molecule has 1 unspecified atom stereocenters. The van der Waals surface area contributed by atoms with Crippen LogP contribution in [0.25, 0.3) is 16.6 Å². The van der Waals surface area contributed by atoms with Crippen molar-refractivity contribution in [2.45, 2.75) is 51.5 Å². The zero-order chi connectivity index (χ0) is 24.4. The minimum atomic E-state index is -0.348. The molecule has 3 aromatic rings. The van der Waals surface area contributed by atoms with Gasteiger partial charge in [0.1, 0.15) is 11.6 Å². The number of benzene rings is 2. The maximum absolute atomic E-state index is 13.6. The van der Waals surface area contributed by atoms with Crippen molar-refractivity contribution in [2.75, 3.05) is 26.2 Å². The molecule has 1 amide bonds. The van der Waals surface area contributed by atoms with E-state index in [4.69, 9.17) is 4.98 Å². The van der Waals surface area contributed by atoms with E-state index in [-0.39, 0.29) is 23.3 Å². The Bertz CT molecular complexity index is 1240. The second kappa shape index (κ2) is 10.3.